The van der Waals surface area contributed by atoms with Gasteiger partial charge >= 0.3 is 5.97 Å². The van der Waals surface area contributed by atoms with Crippen LogP contribution in [0.1, 0.15) is 22.3 Å². The van der Waals surface area contributed by atoms with Crippen molar-refractivity contribution in [2.24, 2.45) is 4.99 Å². The first-order valence-corrected chi connectivity index (χ1v) is 10.5. The van der Waals surface area contributed by atoms with Crippen LogP contribution in [0.25, 0.3) is 6.08 Å². The summed E-state index contributed by atoms with van der Waals surface area (Å²) < 4.78 is 16.7. The van der Waals surface area contributed by atoms with Crippen molar-refractivity contribution in [1.82, 2.24) is 0 Å². The predicted octanol–water partition coefficient (Wildman–Crippen LogP) is 6.23. The minimum atomic E-state index is -0.506. The third-order valence-electron chi connectivity index (χ3n) is 4.84. The average molecular weight is 468 g/mol. The van der Waals surface area contributed by atoms with Gasteiger partial charge in [-0.1, -0.05) is 53.0 Å². The summed E-state index contributed by atoms with van der Waals surface area (Å²) in [5.41, 5.74) is 3.47. The van der Waals surface area contributed by atoms with Crippen LogP contribution in [-0.2, 0) is 16.1 Å². The number of rotatable bonds is 6. The zero-order valence-electron chi connectivity index (χ0n) is 17.4. The Morgan fingerprint density at radius 3 is 2.41 bits per heavy atom. The lowest BCUT2D eigenvalue weighted by Gasteiger charge is -2.13. The van der Waals surface area contributed by atoms with Crippen molar-refractivity contribution in [3.63, 3.8) is 0 Å². The van der Waals surface area contributed by atoms with E-state index in [1.807, 2.05) is 31.2 Å². The third kappa shape index (κ3) is 4.79. The topological polar surface area (TPSA) is 57.1 Å². The number of cyclic esters (lactones) is 1. The highest BCUT2D eigenvalue weighted by Crippen LogP contribution is 2.32. The van der Waals surface area contributed by atoms with E-state index < -0.39 is 5.97 Å². The van der Waals surface area contributed by atoms with Gasteiger partial charge in [0.15, 0.2) is 17.2 Å². The van der Waals surface area contributed by atoms with Crippen molar-refractivity contribution >= 4 is 41.1 Å². The van der Waals surface area contributed by atoms with E-state index in [0.717, 1.165) is 11.1 Å². The summed E-state index contributed by atoms with van der Waals surface area (Å²) in [6, 6.07) is 18.2. The molecule has 5 nitrogen and oxygen atoms in total. The number of carbonyl (C=O) groups is 1. The Labute approximate surface area is 195 Å². The molecule has 0 spiro atoms. The summed E-state index contributed by atoms with van der Waals surface area (Å²) in [5.74, 6) is 0.790. The molecule has 162 valence electrons. The SMILES string of the molecule is COc1cc(/C=C2/N=C(c3ccc(C)cc3)OC2=O)ccc1OCc1c(Cl)cccc1Cl. The van der Waals surface area contributed by atoms with Gasteiger partial charge < -0.3 is 14.2 Å². The number of nitrogens with zero attached hydrogens (tertiary/aromatic N) is 1. The molecular formula is C25H19Cl2NO4. The highest BCUT2D eigenvalue weighted by atomic mass is 35.5. The first kappa shape index (κ1) is 21.9. The van der Waals surface area contributed by atoms with E-state index >= 15 is 0 Å². The molecular weight excluding hydrogens is 449 g/mol. The molecule has 0 atom stereocenters. The summed E-state index contributed by atoms with van der Waals surface area (Å²) in [5, 5.41) is 1.06. The van der Waals surface area contributed by atoms with Gasteiger partial charge in [0.1, 0.15) is 6.61 Å². The molecule has 0 radical (unpaired) electrons. The smallest absolute Gasteiger partial charge is 0.363 e. The van der Waals surface area contributed by atoms with Gasteiger partial charge in [0, 0.05) is 21.2 Å². The lowest BCUT2D eigenvalue weighted by Crippen LogP contribution is -2.05. The Balaban J connectivity index is 1.55. The van der Waals surface area contributed by atoms with Crippen molar-refractivity contribution in [2.45, 2.75) is 13.5 Å². The van der Waals surface area contributed by atoms with Crippen molar-refractivity contribution < 1.29 is 19.0 Å². The van der Waals surface area contributed by atoms with Crippen LogP contribution in [0, 0.1) is 6.92 Å². The van der Waals surface area contributed by atoms with Crippen LogP contribution in [0.3, 0.4) is 0 Å². The third-order valence-corrected chi connectivity index (χ3v) is 5.55. The number of hydrogen-bond acceptors (Lipinski definition) is 5. The molecule has 0 aromatic heterocycles. The van der Waals surface area contributed by atoms with Crippen LogP contribution in [0.5, 0.6) is 11.5 Å². The van der Waals surface area contributed by atoms with Crippen LogP contribution in [0.15, 0.2) is 71.4 Å². The van der Waals surface area contributed by atoms with Gasteiger partial charge in [0.25, 0.3) is 0 Å². The van der Waals surface area contributed by atoms with Crippen LogP contribution in [0.2, 0.25) is 10.0 Å². The van der Waals surface area contributed by atoms with E-state index in [2.05, 4.69) is 4.99 Å². The number of carbonyl (C=O) groups excluding carboxylic acids is 1. The highest BCUT2D eigenvalue weighted by Gasteiger charge is 2.24. The van der Waals surface area contributed by atoms with Crippen molar-refractivity contribution in [1.29, 1.82) is 0 Å². The molecule has 0 aliphatic carbocycles. The number of aryl methyl sites for hydroxylation is 1. The van der Waals surface area contributed by atoms with Crippen molar-refractivity contribution in [3.05, 3.63) is 98.7 Å². The van der Waals surface area contributed by atoms with Crippen LogP contribution >= 0.6 is 23.2 Å². The standard InChI is InChI=1S/C25H19Cl2NO4/c1-15-6-9-17(10-7-15)24-28-21(25(29)32-24)12-16-8-11-22(23(13-16)30-2)31-14-18-19(26)4-3-5-20(18)27/h3-13H,14H2,1-2H3/b21-12+. The van der Waals surface area contributed by atoms with Crippen LogP contribution in [0.4, 0.5) is 0 Å². The number of halogens is 2. The molecule has 1 aliphatic heterocycles. The van der Waals surface area contributed by atoms with Crippen LogP contribution in [-0.4, -0.2) is 19.0 Å². The molecule has 3 aromatic rings. The Kier molecular flexibility index (Phi) is 6.49. The minimum Gasteiger partial charge on any atom is -0.493 e. The maximum atomic E-state index is 12.3. The number of ether oxygens (including phenoxy) is 3. The molecule has 1 heterocycles. The van der Waals surface area contributed by atoms with Gasteiger partial charge in [-0.2, -0.15) is 0 Å². The predicted molar refractivity (Wildman–Crippen MR) is 126 cm³/mol. The van der Waals surface area contributed by atoms with Crippen molar-refractivity contribution in [3.8, 4) is 11.5 Å². The molecule has 0 unspecified atom stereocenters. The molecule has 0 fully saturated rings. The second kappa shape index (κ2) is 9.47. The fourth-order valence-corrected chi connectivity index (χ4v) is 3.61. The fourth-order valence-electron chi connectivity index (χ4n) is 3.10. The number of hydrogen-bond donors (Lipinski definition) is 0. The quantitative estimate of drug-likeness (QED) is 0.318. The molecule has 1 aliphatic rings. The normalized spacial score (nSPS) is 14.3. The summed E-state index contributed by atoms with van der Waals surface area (Å²) in [4.78, 5) is 16.6. The van der Waals surface area contributed by atoms with E-state index in [9.17, 15) is 4.79 Å². The Morgan fingerprint density at radius 2 is 1.72 bits per heavy atom. The minimum absolute atomic E-state index is 0.186. The summed E-state index contributed by atoms with van der Waals surface area (Å²) in [6.07, 6.45) is 1.64. The largest absolute Gasteiger partial charge is 0.493 e. The van der Waals surface area contributed by atoms with Gasteiger partial charge in [0.2, 0.25) is 5.90 Å². The lowest BCUT2D eigenvalue weighted by molar-refractivity contribution is -0.129. The maximum Gasteiger partial charge on any atom is 0.363 e. The van der Waals surface area contributed by atoms with Gasteiger partial charge in [-0.05, 0) is 55.0 Å². The molecule has 7 heteroatoms. The van der Waals surface area contributed by atoms with Gasteiger partial charge in [-0.15, -0.1) is 0 Å². The zero-order valence-corrected chi connectivity index (χ0v) is 18.9. The maximum absolute atomic E-state index is 12.3. The second-order valence-electron chi connectivity index (χ2n) is 7.10. The molecule has 0 amide bonds. The number of aliphatic imine (C=N–C) groups is 1. The molecule has 0 bridgehead atoms. The highest BCUT2D eigenvalue weighted by molar-refractivity contribution is 6.35. The van der Waals surface area contributed by atoms with Gasteiger partial charge in [-0.3, -0.25) is 0 Å². The summed E-state index contributed by atoms with van der Waals surface area (Å²) >= 11 is 12.4. The molecule has 0 N–H and O–H groups in total. The Hall–Kier alpha value is -3.28. The summed E-state index contributed by atoms with van der Waals surface area (Å²) in [7, 11) is 1.54. The van der Waals surface area contributed by atoms with Gasteiger partial charge in [0.05, 0.1) is 7.11 Å². The van der Waals surface area contributed by atoms with E-state index in [4.69, 9.17) is 37.4 Å². The number of esters is 1. The first-order chi connectivity index (χ1) is 15.4. The zero-order chi connectivity index (χ0) is 22.7. The second-order valence-corrected chi connectivity index (χ2v) is 7.92. The van der Waals surface area contributed by atoms with E-state index in [-0.39, 0.29) is 18.2 Å². The molecule has 4 rings (SSSR count). The van der Waals surface area contributed by atoms with Crippen LogP contribution < -0.4 is 9.47 Å². The summed E-state index contributed by atoms with van der Waals surface area (Å²) in [6.45, 7) is 2.17. The van der Waals surface area contributed by atoms with E-state index in [1.54, 1.807) is 49.6 Å². The monoisotopic (exact) mass is 467 g/mol. The molecule has 32 heavy (non-hydrogen) atoms. The Bertz CT molecular complexity index is 1210. The fraction of sp³-hybridized carbons (Fsp3) is 0.120. The van der Waals surface area contributed by atoms with Crippen molar-refractivity contribution in [2.75, 3.05) is 7.11 Å². The molecule has 0 saturated carbocycles. The van der Waals surface area contributed by atoms with E-state index in [1.165, 1.54) is 0 Å². The first-order valence-electron chi connectivity index (χ1n) is 9.78. The molecule has 0 saturated heterocycles. The lowest BCUT2D eigenvalue weighted by atomic mass is 10.1. The number of benzene rings is 3. The molecule has 3 aromatic carbocycles. The van der Waals surface area contributed by atoms with E-state index in [0.29, 0.717) is 32.7 Å². The van der Waals surface area contributed by atoms with Gasteiger partial charge in [-0.25, -0.2) is 9.79 Å². The Morgan fingerprint density at radius 1 is 1.00 bits per heavy atom. The number of methoxy groups -OCH3 is 1. The average Bonchev–Trinajstić information content (AvgIpc) is 3.14.